The fraction of sp³-hybridized carbons (Fsp3) is 0.481. The molecule has 0 atom stereocenters. The topological polar surface area (TPSA) is 64.1 Å². The Hall–Kier alpha value is -2.55. The molecule has 0 fully saturated rings. The molecule has 0 N–H and O–H groups in total. The maximum Gasteiger partial charge on any atom is 0.260 e. The lowest BCUT2D eigenvalue weighted by molar-refractivity contribution is 0.0985. The second-order valence-corrected chi connectivity index (χ2v) is 9.62. The first-order valence-corrected chi connectivity index (χ1v) is 13.0. The maximum absolute atomic E-state index is 13.9. The van der Waals surface area contributed by atoms with Gasteiger partial charge in [-0.2, -0.15) is 0 Å². The smallest absolute Gasteiger partial charge is 0.260 e. The number of aromatic nitrogens is 1. The summed E-state index contributed by atoms with van der Waals surface area (Å²) in [5.41, 5.74) is 3.80. The lowest BCUT2D eigenvalue weighted by atomic mass is 10.1. The first-order chi connectivity index (χ1) is 16.8. The number of halogens is 1. The van der Waals surface area contributed by atoms with E-state index in [1.165, 1.54) is 11.1 Å². The van der Waals surface area contributed by atoms with Gasteiger partial charge in [0.1, 0.15) is 0 Å². The van der Waals surface area contributed by atoms with Crippen molar-refractivity contribution in [3.05, 3.63) is 41.0 Å². The Morgan fingerprint density at radius 1 is 0.889 bits per heavy atom. The van der Waals surface area contributed by atoms with Gasteiger partial charge in [0.15, 0.2) is 16.6 Å². The highest BCUT2D eigenvalue weighted by Crippen LogP contribution is 2.40. The number of thiazole rings is 1. The molecule has 7 nitrogen and oxygen atoms in total. The van der Waals surface area contributed by atoms with Crippen LogP contribution in [0.15, 0.2) is 24.3 Å². The zero-order valence-electron chi connectivity index (χ0n) is 22.3. The largest absolute Gasteiger partial charge is 0.490 e. The van der Waals surface area contributed by atoms with E-state index in [0.29, 0.717) is 54.3 Å². The molecule has 0 aliphatic rings. The van der Waals surface area contributed by atoms with Crippen LogP contribution in [0.4, 0.5) is 5.13 Å². The molecule has 0 unspecified atom stereocenters. The standard InChI is InChI=1S/C27H37N3O4S.ClH/c1-8-32-22-16-20(17-23(33-9-2)25(22)34-10-3)26(31)30(13-11-12-29(6)7)27-28-21-14-18(4)19(5)15-24(21)35-27;/h14-17H,8-13H2,1-7H3;1H. The van der Waals surface area contributed by atoms with Crippen LogP contribution < -0.4 is 19.1 Å². The summed E-state index contributed by atoms with van der Waals surface area (Å²) in [6.07, 6.45) is 0.820. The van der Waals surface area contributed by atoms with Gasteiger partial charge in [-0.3, -0.25) is 9.69 Å². The Balaban J connectivity index is 0.00000456. The quantitative estimate of drug-likeness (QED) is 0.278. The third-order valence-electron chi connectivity index (χ3n) is 5.61. The van der Waals surface area contributed by atoms with E-state index in [4.69, 9.17) is 19.2 Å². The van der Waals surface area contributed by atoms with Crippen LogP contribution in [0.25, 0.3) is 10.2 Å². The SMILES string of the molecule is CCOc1cc(C(=O)N(CCCN(C)C)c2nc3cc(C)c(C)cc3s2)cc(OCC)c1OCC.Cl. The van der Waals surface area contributed by atoms with E-state index in [1.54, 1.807) is 28.4 Å². The lowest BCUT2D eigenvalue weighted by Crippen LogP contribution is -2.33. The molecule has 0 saturated heterocycles. The summed E-state index contributed by atoms with van der Waals surface area (Å²) in [5, 5.41) is 0.693. The molecule has 2 aromatic carbocycles. The Bertz CT molecular complexity index is 1100. The van der Waals surface area contributed by atoms with Crippen molar-refractivity contribution in [2.45, 2.75) is 41.0 Å². The normalized spacial score (nSPS) is 10.9. The fourth-order valence-corrected chi connectivity index (χ4v) is 4.85. The number of amides is 1. The minimum absolute atomic E-state index is 0. The fourth-order valence-electron chi connectivity index (χ4n) is 3.78. The molecule has 3 rings (SSSR count). The molecule has 198 valence electrons. The summed E-state index contributed by atoms with van der Waals surface area (Å²) in [5.74, 6) is 1.40. The third-order valence-corrected chi connectivity index (χ3v) is 6.65. The van der Waals surface area contributed by atoms with Gasteiger partial charge in [0.25, 0.3) is 5.91 Å². The van der Waals surface area contributed by atoms with Crippen LogP contribution in [0.1, 0.15) is 48.7 Å². The number of hydrogen-bond donors (Lipinski definition) is 0. The van der Waals surface area contributed by atoms with Crippen molar-refractivity contribution >= 4 is 45.0 Å². The number of fused-ring (bicyclic) bond motifs is 1. The van der Waals surface area contributed by atoms with Gasteiger partial charge in [0.2, 0.25) is 5.75 Å². The Labute approximate surface area is 224 Å². The summed E-state index contributed by atoms with van der Waals surface area (Å²) in [6, 6.07) is 7.73. The first-order valence-electron chi connectivity index (χ1n) is 12.2. The van der Waals surface area contributed by atoms with E-state index in [-0.39, 0.29) is 18.3 Å². The number of ether oxygens (including phenoxy) is 3. The van der Waals surface area contributed by atoms with Gasteiger partial charge in [-0.25, -0.2) is 4.98 Å². The minimum atomic E-state index is -0.138. The highest BCUT2D eigenvalue weighted by atomic mass is 35.5. The van der Waals surface area contributed by atoms with Gasteiger partial charge in [0.05, 0.1) is 30.0 Å². The average molecular weight is 536 g/mol. The Morgan fingerprint density at radius 3 is 2.03 bits per heavy atom. The predicted molar refractivity (Wildman–Crippen MR) is 151 cm³/mol. The third kappa shape index (κ3) is 7.02. The zero-order chi connectivity index (χ0) is 25.5. The lowest BCUT2D eigenvalue weighted by Gasteiger charge is -2.22. The van der Waals surface area contributed by atoms with Crippen molar-refractivity contribution in [3.63, 3.8) is 0 Å². The molecule has 36 heavy (non-hydrogen) atoms. The van der Waals surface area contributed by atoms with Crippen LogP contribution in [0.2, 0.25) is 0 Å². The Morgan fingerprint density at radius 2 is 1.47 bits per heavy atom. The molecule has 1 amide bonds. The number of benzene rings is 2. The molecule has 0 radical (unpaired) electrons. The minimum Gasteiger partial charge on any atom is -0.490 e. The molecule has 0 aliphatic heterocycles. The Kier molecular flexibility index (Phi) is 11.3. The van der Waals surface area contributed by atoms with Crippen molar-refractivity contribution in [2.75, 3.05) is 51.9 Å². The highest BCUT2D eigenvalue weighted by molar-refractivity contribution is 7.22. The van der Waals surface area contributed by atoms with Crippen LogP contribution >= 0.6 is 23.7 Å². The van der Waals surface area contributed by atoms with Crippen molar-refractivity contribution in [3.8, 4) is 17.2 Å². The highest BCUT2D eigenvalue weighted by Gasteiger charge is 2.25. The van der Waals surface area contributed by atoms with E-state index in [9.17, 15) is 4.79 Å². The van der Waals surface area contributed by atoms with Gasteiger partial charge in [-0.1, -0.05) is 11.3 Å². The average Bonchev–Trinajstić information content (AvgIpc) is 3.20. The summed E-state index contributed by atoms with van der Waals surface area (Å²) < 4.78 is 18.6. The molecule has 0 saturated carbocycles. The number of aryl methyl sites for hydroxylation is 2. The van der Waals surface area contributed by atoms with Gasteiger partial charge in [0, 0.05) is 12.1 Å². The number of rotatable bonds is 12. The predicted octanol–water partition coefficient (Wildman–Crippen LogP) is 6.13. The van der Waals surface area contributed by atoms with Gasteiger partial charge < -0.3 is 19.1 Å². The van der Waals surface area contributed by atoms with E-state index in [0.717, 1.165) is 23.2 Å². The number of anilines is 1. The molecule has 1 heterocycles. The van der Waals surface area contributed by atoms with E-state index < -0.39 is 0 Å². The van der Waals surface area contributed by atoms with Crippen molar-refractivity contribution in [2.24, 2.45) is 0 Å². The molecule has 3 aromatic rings. The molecule has 1 aromatic heterocycles. The zero-order valence-corrected chi connectivity index (χ0v) is 24.0. The van der Waals surface area contributed by atoms with Crippen LogP contribution in [0.3, 0.4) is 0 Å². The summed E-state index contributed by atoms with van der Waals surface area (Å²) in [6.45, 7) is 12.7. The van der Waals surface area contributed by atoms with Gasteiger partial charge >= 0.3 is 0 Å². The van der Waals surface area contributed by atoms with Crippen LogP contribution in [-0.4, -0.2) is 62.8 Å². The monoisotopic (exact) mass is 535 g/mol. The summed E-state index contributed by atoms with van der Waals surface area (Å²) in [4.78, 5) is 22.7. The molecular formula is C27H38ClN3O4S. The van der Waals surface area contributed by atoms with Crippen molar-refractivity contribution in [1.29, 1.82) is 0 Å². The van der Waals surface area contributed by atoms with E-state index in [1.807, 2.05) is 34.9 Å². The maximum atomic E-state index is 13.9. The number of nitrogens with zero attached hydrogens (tertiary/aromatic N) is 3. The second kappa shape index (κ2) is 13.7. The van der Waals surface area contributed by atoms with Gasteiger partial charge in [-0.05, 0) is 97.1 Å². The first kappa shape index (κ1) is 29.7. The van der Waals surface area contributed by atoms with Crippen LogP contribution in [0.5, 0.6) is 17.2 Å². The van der Waals surface area contributed by atoms with Crippen molar-refractivity contribution < 1.29 is 19.0 Å². The number of carbonyl (C=O) groups is 1. The molecule has 0 aliphatic carbocycles. The second-order valence-electron chi connectivity index (χ2n) is 8.61. The van der Waals surface area contributed by atoms with Crippen LogP contribution in [0, 0.1) is 13.8 Å². The van der Waals surface area contributed by atoms with E-state index in [2.05, 4.69) is 30.9 Å². The molecule has 9 heteroatoms. The van der Waals surface area contributed by atoms with E-state index >= 15 is 0 Å². The number of hydrogen-bond acceptors (Lipinski definition) is 7. The molecule has 0 spiro atoms. The summed E-state index contributed by atoms with van der Waals surface area (Å²) >= 11 is 1.54. The summed E-state index contributed by atoms with van der Waals surface area (Å²) in [7, 11) is 4.06. The van der Waals surface area contributed by atoms with Gasteiger partial charge in [-0.15, -0.1) is 12.4 Å². The molecule has 0 bridgehead atoms. The number of carbonyl (C=O) groups excluding carboxylic acids is 1. The van der Waals surface area contributed by atoms with Crippen LogP contribution in [-0.2, 0) is 0 Å². The van der Waals surface area contributed by atoms with Crippen molar-refractivity contribution in [1.82, 2.24) is 9.88 Å². The molecular weight excluding hydrogens is 498 g/mol.